The Balaban J connectivity index is 2.02. The average molecular weight is 351 g/mol. The van der Waals surface area contributed by atoms with Gasteiger partial charge < -0.3 is 15.3 Å². The summed E-state index contributed by atoms with van der Waals surface area (Å²) in [6.45, 7) is 2.00. The van der Waals surface area contributed by atoms with Crippen molar-refractivity contribution in [1.29, 1.82) is 0 Å². The number of carbonyl (C=O) groups excluding carboxylic acids is 2. The maximum absolute atomic E-state index is 12.3. The fourth-order valence-corrected chi connectivity index (χ4v) is 2.66. The highest BCUT2D eigenvalue weighted by molar-refractivity contribution is 6.30. The van der Waals surface area contributed by atoms with E-state index in [1.807, 2.05) is 0 Å². The highest BCUT2D eigenvalue weighted by Gasteiger charge is 2.36. The number of allylic oxidation sites excluding steroid dienone is 1. The monoisotopic (exact) mass is 350 g/mol. The van der Waals surface area contributed by atoms with E-state index in [9.17, 15) is 14.4 Å². The highest BCUT2D eigenvalue weighted by atomic mass is 35.5. The van der Waals surface area contributed by atoms with E-state index < -0.39 is 23.8 Å². The Bertz CT molecular complexity index is 657. The summed E-state index contributed by atoms with van der Waals surface area (Å²) in [6.07, 6.45) is 3.67. The van der Waals surface area contributed by atoms with Crippen LogP contribution >= 0.6 is 11.6 Å². The third-order valence-corrected chi connectivity index (χ3v) is 4.11. The molecule has 6 nitrogen and oxygen atoms in total. The zero-order valence-corrected chi connectivity index (χ0v) is 14.0. The molecule has 0 aliphatic carbocycles. The Kier molecular flexibility index (Phi) is 5.98. The molecule has 1 saturated heterocycles. The van der Waals surface area contributed by atoms with Crippen molar-refractivity contribution in [2.45, 2.75) is 25.8 Å². The Labute approximate surface area is 145 Å². The van der Waals surface area contributed by atoms with Crippen molar-refractivity contribution >= 4 is 35.1 Å². The summed E-state index contributed by atoms with van der Waals surface area (Å²) in [6, 6.07) is 5.79. The van der Waals surface area contributed by atoms with Gasteiger partial charge in [0.25, 0.3) is 0 Å². The van der Waals surface area contributed by atoms with Gasteiger partial charge in [0.1, 0.15) is 6.04 Å². The SMILES string of the molecule is C/C=C/CC(NC(=O)C1CC(=O)N(c2ccc(Cl)cc2)C1)C(=O)O. The van der Waals surface area contributed by atoms with E-state index in [1.54, 1.807) is 43.3 Å². The summed E-state index contributed by atoms with van der Waals surface area (Å²) < 4.78 is 0. The van der Waals surface area contributed by atoms with Gasteiger partial charge in [-0.3, -0.25) is 9.59 Å². The number of carboxylic acid groups (broad SMARTS) is 1. The predicted molar refractivity (Wildman–Crippen MR) is 90.9 cm³/mol. The van der Waals surface area contributed by atoms with Gasteiger partial charge in [0.2, 0.25) is 11.8 Å². The first-order valence-corrected chi connectivity index (χ1v) is 8.00. The zero-order chi connectivity index (χ0) is 17.7. The van der Waals surface area contributed by atoms with Crippen LogP contribution in [0.1, 0.15) is 19.8 Å². The van der Waals surface area contributed by atoms with Crippen molar-refractivity contribution in [2.24, 2.45) is 5.92 Å². The van der Waals surface area contributed by atoms with Crippen molar-refractivity contribution < 1.29 is 19.5 Å². The third kappa shape index (κ3) is 4.35. The molecule has 0 aromatic heterocycles. The van der Waals surface area contributed by atoms with Gasteiger partial charge in [-0.05, 0) is 37.6 Å². The molecular weight excluding hydrogens is 332 g/mol. The van der Waals surface area contributed by atoms with Gasteiger partial charge >= 0.3 is 5.97 Å². The van der Waals surface area contributed by atoms with Crippen LogP contribution in [-0.4, -0.2) is 35.5 Å². The summed E-state index contributed by atoms with van der Waals surface area (Å²) in [5.74, 6) is -2.25. The number of halogens is 1. The Hall–Kier alpha value is -2.34. The standard InChI is InChI=1S/C17H19ClN2O4/c1-2-3-4-14(17(23)24)19-16(22)11-9-15(21)20(10-11)13-7-5-12(18)6-8-13/h2-3,5-8,11,14H,4,9-10H2,1H3,(H,19,22)(H,23,24)/b3-2+. The fourth-order valence-electron chi connectivity index (χ4n) is 2.54. The van der Waals surface area contributed by atoms with E-state index in [2.05, 4.69) is 5.32 Å². The molecule has 0 saturated carbocycles. The summed E-state index contributed by atoms with van der Waals surface area (Å²) in [5, 5.41) is 12.2. The number of hydrogen-bond donors (Lipinski definition) is 2. The quantitative estimate of drug-likeness (QED) is 0.770. The molecule has 24 heavy (non-hydrogen) atoms. The Morgan fingerprint density at radius 1 is 1.42 bits per heavy atom. The van der Waals surface area contributed by atoms with E-state index in [0.29, 0.717) is 10.7 Å². The number of carbonyl (C=O) groups is 3. The van der Waals surface area contributed by atoms with Crippen LogP contribution in [0.25, 0.3) is 0 Å². The molecule has 1 aliphatic rings. The number of rotatable bonds is 6. The predicted octanol–water partition coefficient (Wildman–Crippen LogP) is 2.23. The molecule has 0 radical (unpaired) electrons. The Morgan fingerprint density at radius 3 is 2.67 bits per heavy atom. The van der Waals surface area contributed by atoms with Crippen LogP contribution in [0.4, 0.5) is 5.69 Å². The number of nitrogens with zero attached hydrogens (tertiary/aromatic N) is 1. The number of benzene rings is 1. The largest absolute Gasteiger partial charge is 0.480 e. The minimum Gasteiger partial charge on any atom is -0.480 e. The van der Waals surface area contributed by atoms with Gasteiger partial charge in [-0.2, -0.15) is 0 Å². The Morgan fingerprint density at radius 2 is 2.08 bits per heavy atom. The van der Waals surface area contributed by atoms with Gasteiger partial charge in [0.05, 0.1) is 5.92 Å². The molecule has 1 heterocycles. The van der Waals surface area contributed by atoms with E-state index in [-0.39, 0.29) is 25.3 Å². The minimum atomic E-state index is -1.10. The van der Waals surface area contributed by atoms with E-state index in [1.165, 1.54) is 4.90 Å². The van der Waals surface area contributed by atoms with Crippen LogP contribution < -0.4 is 10.2 Å². The molecule has 2 atom stereocenters. The first kappa shape index (κ1) is 18.0. The summed E-state index contributed by atoms with van der Waals surface area (Å²) in [7, 11) is 0. The van der Waals surface area contributed by atoms with Crippen molar-refractivity contribution in [2.75, 3.05) is 11.4 Å². The molecule has 128 valence electrons. The smallest absolute Gasteiger partial charge is 0.326 e. The normalized spacial score (nSPS) is 18.8. The average Bonchev–Trinajstić information content (AvgIpc) is 2.93. The lowest BCUT2D eigenvalue weighted by atomic mass is 10.1. The minimum absolute atomic E-state index is 0.0599. The highest BCUT2D eigenvalue weighted by Crippen LogP contribution is 2.26. The summed E-state index contributed by atoms with van der Waals surface area (Å²) in [5.41, 5.74) is 0.670. The molecule has 0 bridgehead atoms. The lowest BCUT2D eigenvalue weighted by molar-refractivity contribution is -0.142. The molecule has 2 amide bonds. The van der Waals surface area contributed by atoms with Gasteiger partial charge in [-0.1, -0.05) is 23.8 Å². The topological polar surface area (TPSA) is 86.7 Å². The first-order chi connectivity index (χ1) is 11.4. The van der Waals surface area contributed by atoms with E-state index >= 15 is 0 Å². The van der Waals surface area contributed by atoms with E-state index in [0.717, 1.165) is 0 Å². The molecule has 1 aromatic carbocycles. The van der Waals surface area contributed by atoms with Crippen molar-refractivity contribution in [3.05, 3.63) is 41.4 Å². The zero-order valence-electron chi connectivity index (χ0n) is 13.2. The molecule has 1 fully saturated rings. The number of nitrogens with one attached hydrogen (secondary N) is 1. The number of anilines is 1. The van der Waals surface area contributed by atoms with Crippen molar-refractivity contribution in [3.63, 3.8) is 0 Å². The van der Waals surface area contributed by atoms with Crippen LogP contribution in [0.5, 0.6) is 0 Å². The van der Waals surface area contributed by atoms with Gasteiger partial charge in [0.15, 0.2) is 0 Å². The van der Waals surface area contributed by atoms with Crippen molar-refractivity contribution in [3.8, 4) is 0 Å². The third-order valence-electron chi connectivity index (χ3n) is 3.86. The maximum Gasteiger partial charge on any atom is 0.326 e. The van der Waals surface area contributed by atoms with Crippen molar-refractivity contribution in [1.82, 2.24) is 5.32 Å². The molecule has 2 N–H and O–H groups in total. The molecule has 0 spiro atoms. The summed E-state index contributed by atoms with van der Waals surface area (Å²) in [4.78, 5) is 37.2. The lowest BCUT2D eigenvalue weighted by Crippen LogP contribution is -2.44. The van der Waals surface area contributed by atoms with E-state index in [4.69, 9.17) is 16.7 Å². The molecule has 2 unspecified atom stereocenters. The second-order valence-corrected chi connectivity index (χ2v) is 6.02. The number of hydrogen-bond acceptors (Lipinski definition) is 3. The van der Waals surface area contributed by atoms with Gasteiger partial charge in [-0.15, -0.1) is 0 Å². The van der Waals surface area contributed by atoms with Gasteiger partial charge in [0, 0.05) is 23.7 Å². The fraction of sp³-hybridized carbons (Fsp3) is 0.353. The van der Waals surface area contributed by atoms with Crippen LogP contribution in [0.2, 0.25) is 5.02 Å². The van der Waals surface area contributed by atoms with Crippen LogP contribution in [0.3, 0.4) is 0 Å². The van der Waals surface area contributed by atoms with Crippen LogP contribution in [0.15, 0.2) is 36.4 Å². The number of amides is 2. The molecular formula is C17H19ClN2O4. The van der Waals surface area contributed by atoms with Gasteiger partial charge in [-0.25, -0.2) is 4.79 Å². The second-order valence-electron chi connectivity index (χ2n) is 5.59. The first-order valence-electron chi connectivity index (χ1n) is 7.62. The second kappa shape index (κ2) is 7.97. The number of aliphatic carboxylic acids is 1. The van der Waals surface area contributed by atoms with Crippen LogP contribution in [-0.2, 0) is 14.4 Å². The lowest BCUT2D eigenvalue weighted by Gasteiger charge is -2.18. The number of carboxylic acids is 1. The maximum atomic E-state index is 12.3. The molecule has 7 heteroatoms. The molecule has 1 aromatic rings. The summed E-state index contributed by atoms with van der Waals surface area (Å²) >= 11 is 5.83. The molecule has 1 aliphatic heterocycles. The molecule has 2 rings (SSSR count). The van der Waals surface area contributed by atoms with Crippen LogP contribution in [0, 0.1) is 5.92 Å².